The number of rotatable bonds is 3. The number of nitrogens with zero attached hydrogens (tertiary/aromatic N) is 5. The second-order valence-corrected chi connectivity index (χ2v) is 5.78. The number of hydrogen-bond acceptors (Lipinski definition) is 5. The van der Waals surface area contributed by atoms with Gasteiger partial charge in [-0.1, -0.05) is 47.1 Å². The van der Waals surface area contributed by atoms with Crippen molar-refractivity contribution in [2.75, 3.05) is 5.73 Å². The van der Waals surface area contributed by atoms with Gasteiger partial charge in [-0.15, -0.1) is 5.10 Å². The summed E-state index contributed by atoms with van der Waals surface area (Å²) in [5.74, 6) is 0.831. The highest BCUT2D eigenvalue weighted by molar-refractivity contribution is 6.30. The molecule has 0 aliphatic carbocycles. The Morgan fingerprint density at radius 1 is 0.958 bits per heavy atom. The van der Waals surface area contributed by atoms with Crippen LogP contribution in [0.3, 0.4) is 0 Å². The number of hydrogen-bond donors (Lipinski definition) is 1. The Hall–Kier alpha value is -2.99. The average molecular weight is 337 g/mol. The lowest BCUT2D eigenvalue weighted by atomic mass is 10.2. The van der Waals surface area contributed by atoms with Crippen molar-refractivity contribution < 1.29 is 0 Å². The van der Waals surface area contributed by atoms with Gasteiger partial charge in [-0.2, -0.15) is 0 Å². The van der Waals surface area contributed by atoms with Gasteiger partial charge < -0.3 is 5.73 Å². The normalized spacial score (nSPS) is 11.0. The molecule has 0 unspecified atom stereocenters. The number of anilines is 1. The maximum absolute atomic E-state index is 6.04. The van der Waals surface area contributed by atoms with Crippen LogP contribution in [0.15, 0.2) is 54.6 Å². The van der Waals surface area contributed by atoms with Crippen LogP contribution in [0.5, 0.6) is 0 Å². The van der Waals surface area contributed by atoms with Gasteiger partial charge in [0.15, 0.2) is 22.8 Å². The third-order valence-corrected chi connectivity index (χ3v) is 3.92. The summed E-state index contributed by atoms with van der Waals surface area (Å²) in [6.45, 7) is 0.563. The van der Waals surface area contributed by atoms with E-state index in [9.17, 15) is 0 Å². The van der Waals surface area contributed by atoms with Crippen molar-refractivity contribution in [1.29, 1.82) is 0 Å². The summed E-state index contributed by atoms with van der Waals surface area (Å²) >= 11 is 5.93. The molecule has 0 saturated heterocycles. The number of fused-ring (bicyclic) bond motifs is 1. The molecule has 0 amide bonds. The van der Waals surface area contributed by atoms with Gasteiger partial charge in [0.05, 0.1) is 6.54 Å². The van der Waals surface area contributed by atoms with E-state index >= 15 is 0 Å². The number of benzene rings is 2. The Bertz CT molecular complexity index is 995. The molecule has 2 heterocycles. The van der Waals surface area contributed by atoms with Gasteiger partial charge in [-0.05, 0) is 29.8 Å². The van der Waals surface area contributed by atoms with E-state index in [1.54, 1.807) is 16.8 Å². The molecule has 0 saturated carbocycles. The quantitative estimate of drug-likeness (QED) is 0.621. The first-order valence-electron chi connectivity index (χ1n) is 7.37. The molecule has 4 rings (SSSR count). The van der Waals surface area contributed by atoms with Crippen LogP contribution in [0.2, 0.25) is 5.02 Å². The minimum Gasteiger partial charge on any atom is -0.382 e. The van der Waals surface area contributed by atoms with E-state index < -0.39 is 0 Å². The van der Waals surface area contributed by atoms with Gasteiger partial charge in [-0.25, -0.2) is 14.6 Å². The summed E-state index contributed by atoms with van der Waals surface area (Å²) in [4.78, 5) is 8.93. The van der Waals surface area contributed by atoms with Crippen molar-refractivity contribution >= 4 is 28.6 Å². The van der Waals surface area contributed by atoms with Gasteiger partial charge in [0.2, 0.25) is 0 Å². The standard InChI is InChI=1S/C17H13ClN6/c18-13-8-6-12(7-9-13)16-20-15(19)14-17(21-16)24(23-22-14)10-11-4-2-1-3-5-11/h1-9H,10H2,(H2,19,20,21). The molecule has 0 atom stereocenters. The minimum absolute atomic E-state index is 0.310. The van der Waals surface area contributed by atoms with E-state index in [0.29, 0.717) is 34.4 Å². The molecule has 6 nitrogen and oxygen atoms in total. The molecule has 4 aromatic rings. The monoisotopic (exact) mass is 336 g/mol. The van der Waals surface area contributed by atoms with Crippen LogP contribution >= 0.6 is 11.6 Å². The molecule has 2 aromatic carbocycles. The Labute approximate surface area is 142 Å². The van der Waals surface area contributed by atoms with Crippen molar-refractivity contribution in [3.63, 3.8) is 0 Å². The van der Waals surface area contributed by atoms with E-state index in [4.69, 9.17) is 17.3 Å². The zero-order valence-electron chi connectivity index (χ0n) is 12.6. The molecule has 0 radical (unpaired) electrons. The highest BCUT2D eigenvalue weighted by atomic mass is 35.5. The van der Waals surface area contributed by atoms with Crippen LogP contribution in [-0.2, 0) is 6.54 Å². The molecule has 2 N–H and O–H groups in total. The largest absolute Gasteiger partial charge is 0.382 e. The van der Waals surface area contributed by atoms with E-state index in [1.165, 1.54) is 0 Å². The van der Waals surface area contributed by atoms with Crippen LogP contribution in [0.25, 0.3) is 22.6 Å². The lowest BCUT2D eigenvalue weighted by Crippen LogP contribution is -2.04. The second-order valence-electron chi connectivity index (χ2n) is 5.34. The number of halogens is 1. The summed E-state index contributed by atoms with van der Waals surface area (Å²) in [6.07, 6.45) is 0. The van der Waals surface area contributed by atoms with Crippen LogP contribution in [0, 0.1) is 0 Å². The van der Waals surface area contributed by atoms with Crippen molar-refractivity contribution in [1.82, 2.24) is 25.0 Å². The molecule has 0 aliphatic rings. The highest BCUT2D eigenvalue weighted by Gasteiger charge is 2.14. The Kier molecular flexibility index (Phi) is 3.59. The summed E-state index contributed by atoms with van der Waals surface area (Å²) in [6, 6.07) is 17.3. The summed E-state index contributed by atoms with van der Waals surface area (Å²) in [5.41, 5.74) is 9.09. The molecular weight excluding hydrogens is 324 g/mol. The van der Waals surface area contributed by atoms with E-state index in [-0.39, 0.29) is 0 Å². The van der Waals surface area contributed by atoms with Crippen molar-refractivity contribution in [3.05, 3.63) is 65.2 Å². The number of nitrogens with two attached hydrogens (primary N) is 1. The molecular formula is C17H13ClN6. The van der Waals surface area contributed by atoms with Gasteiger partial charge in [0.1, 0.15) is 0 Å². The van der Waals surface area contributed by atoms with E-state index in [0.717, 1.165) is 11.1 Å². The third-order valence-electron chi connectivity index (χ3n) is 3.67. The summed E-state index contributed by atoms with van der Waals surface area (Å²) in [5, 5.41) is 8.92. The Balaban J connectivity index is 1.81. The Morgan fingerprint density at radius 3 is 2.46 bits per heavy atom. The van der Waals surface area contributed by atoms with E-state index in [2.05, 4.69) is 20.3 Å². The van der Waals surface area contributed by atoms with Gasteiger partial charge >= 0.3 is 0 Å². The maximum Gasteiger partial charge on any atom is 0.184 e. The fourth-order valence-electron chi connectivity index (χ4n) is 2.47. The summed E-state index contributed by atoms with van der Waals surface area (Å²) < 4.78 is 1.72. The molecule has 0 aliphatic heterocycles. The van der Waals surface area contributed by atoms with Gasteiger partial charge in [-0.3, -0.25) is 0 Å². The fraction of sp³-hybridized carbons (Fsp3) is 0.0588. The lowest BCUT2D eigenvalue weighted by Gasteiger charge is -2.05. The second kappa shape index (κ2) is 5.90. The first-order chi connectivity index (χ1) is 11.7. The molecule has 2 aromatic heterocycles. The third kappa shape index (κ3) is 2.68. The molecule has 24 heavy (non-hydrogen) atoms. The van der Waals surface area contributed by atoms with Crippen LogP contribution in [0.4, 0.5) is 5.82 Å². The predicted molar refractivity (Wildman–Crippen MR) is 93.5 cm³/mol. The number of nitrogen functional groups attached to an aromatic ring is 1. The fourth-order valence-corrected chi connectivity index (χ4v) is 2.59. The highest BCUT2D eigenvalue weighted by Crippen LogP contribution is 2.23. The van der Waals surface area contributed by atoms with Crippen molar-refractivity contribution in [2.24, 2.45) is 0 Å². The molecule has 0 fully saturated rings. The molecule has 0 bridgehead atoms. The average Bonchev–Trinajstić information content (AvgIpc) is 3.00. The van der Waals surface area contributed by atoms with Crippen LogP contribution in [-0.4, -0.2) is 25.0 Å². The lowest BCUT2D eigenvalue weighted by molar-refractivity contribution is 0.664. The van der Waals surface area contributed by atoms with E-state index in [1.807, 2.05) is 42.5 Å². The molecule has 7 heteroatoms. The topological polar surface area (TPSA) is 82.5 Å². The zero-order chi connectivity index (χ0) is 16.5. The summed E-state index contributed by atoms with van der Waals surface area (Å²) in [7, 11) is 0. The first-order valence-corrected chi connectivity index (χ1v) is 7.75. The molecule has 0 spiro atoms. The SMILES string of the molecule is Nc1nc(-c2ccc(Cl)cc2)nc2c1nnn2Cc1ccccc1. The first kappa shape index (κ1) is 14.6. The maximum atomic E-state index is 6.04. The zero-order valence-corrected chi connectivity index (χ0v) is 13.4. The number of aromatic nitrogens is 5. The molecule has 118 valence electrons. The van der Waals surface area contributed by atoms with Crippen LogP contribution in [0.1, 0.15) is 5.56 Å². The smallest absolute Gasteiger partial charge is 0.184 e. The predicted octanol–water partition coefficient (Wildman–Crippen LogP) is 3.17. The van der Waals surface area contributed by atoms with Crippen molar-refractivity contribution in [2.45, 2.75) is 6.54 Å². The van der Waals surface area contributed by atoms with Gasteiger partial charge in [0, 0.05) is 10.6 Å². The van der Waals surface area contributed by atoms with Crippen LogP contribution < -0.4 is 5.73 Å². The van der Waals surface area contributed by atoms with Gasteiger partial charge in [0.25, 0.3) is 0 Å². The van der Waals surface area contributed by atoms with Crippen molar-refractivity contribution in [3.8, 4) is 11.4 Å². The minimum atomic E-state index is 0.310. The Morgan fingerprint density at radius 2 is 1.71 bits per heavy atom.